The van der Waals surface area contributed by atoms with Gasteiger partial charge in [-0.1, -0.05) is 36.8 Å². The maximum Gasteiger partial charge on any atom is 0.0589 e. The normalized spacial score (nSPS) is 27.4. The Balaban J connectivity index is 2.30. The molecule has 1 aromatic rings. The SMILES string of the molecule is Cc1cccc(C(C(C)N)N2CCC(C)C2CO)c1. The van der Waals surface area contributed by atoms with Crippen molar-refractivity contribution < 1.29 is 5.11 Å². The quantitative estimate of drug-likeness (QED) is 0.873. The number of nitrogens with zero attached hydrogens (tertiary/aromatic N) is 1. The number of hydrogen-bond donors (Lipinski definition) is 2. The van der Waals surface area contributed by atoms with E-state index in [1.807, 2.05) is 0 Å². The van der Waals surface area contributed by atoms with E-state index in [4.69, 9.17) is 5.73 Å². The first-order chi connectivity index (χ1) is 9.04. The average Bonchev–Trinajstić information content (AvgIpc) is 2.70. The molecule has 4 atom stereocenters. The number of aryl methyl sites for hydroxylation is 1. The fraction of sp³-hybridized carbons (Fsp3) is 0.625. The Morgan fingerprint density at radius 2 is 2.21 bits per heavy atom. The van der Waals surface area contributed by atoms with Crippen LogP contribution >= 0.6 is 0 Å². The van der Waals surface area contributed by atoms with Crippen molar-refractivity contribution >= 4 is 0 Å². The second-order valence-corrected chi connectivity index (χ2v) is 5.97. The molecule has 19 heavy (non-hydrogen) atoms. The zero-order chi connectivity index (χ0) is 14.0. The topological polar surface area (TPSA) is 49.5 Å². The fourth-order valence-electron chi connectivity index (χ4n) is 3.32. The molecule has 1 fully saturated rings. The van der Waals surface area contributed by atoms with Gasteiger partial charge in [0.2, 0.25) is 0 Å². The van der Waals surface area contributed by atoms with Crippen molar-refractivity contribution in [1.29, 1.82) is 0 Å². The first-order valence-corrected chi connectivity index (χ1v) is 7.23. The van der Waals surface area contributed by atoms with Crippen LogP contribution in [0.25, 0.3) is 0 Å². The van der Waals surface area contributed by atoms with Crippen molar-refractivity contribution in [2.75, 3.05) is 13.2 Å². The smallest absolute Gasteiger partial charge is 0.0589 e. The van der Waals surface area contributed by atoms with Crippen molar-refractivity contribution in [3.8, 4) is 0 Å². The lowest BCUT2D eigenvalue weighted by Gasteiger charge is -2.36. The van der Waals surface area contributed by atoms with Crippen LogP contribution in [0.1, 0.15) is 37.4 Å². The first kappa shape index (κ1) is 14.5. The molecule has 0 amide bonds. The highest BCUT2D eigenvalue weighted by Gasteiger charge is 2.37. The standard InChI is InChI=1S/C16H26N2O/c1-11-5-4-6-14(9-11)16(13(3)17)18-8-7-12(2)15(18)10-19/h4-6,9,12-13,15-16,19H,7-8,10,17H2,1-3H3. The van der Waals surface area contributed by atoms with Gasteiger partial charge in [0.05, 0.1) is 12.6 Å². The third-order valence-electron chi connectivity index (χ3n) is 4.35. The molecule has 3 nitrogen and oxygen atoms in total. The third kappa shape index (κ3) is 2.99. The van der Waals surface area contributed by atoms with E-state index < -0.39 is 0 Å². The first-order valence-electron chi connectivity index (χ1n) is 7.23. The van der Waals surface area contributed by atoms with Gasteiger partial charge in [-0.2, -0.15) is 0 Å². The Morgan fingerprint density at radius 3 is 2.79 bits per heavy atom. The van der Waals surface area contributed by atoms with Gasteiger partial charge >= 0.3 is 0 Å². The van der Waals surface area contributed by atoms with Crippen LogP contribution in [0.2, 0.25) is 0 Å². The number of likely N-dealkylation sites (tertiary alicyclic amines) is 1. The molecule has 1 heterocycles. The number of rotatable bonds is 4. The number of hydrogen-bond acceptors (Lipinski definition) is 3. The molecule has 1 aromatic carbocycles. The van der Waals surface area contributed by atoms with Crippen molar-refractivity contribution in [2.45, 2.75) is 45.3 Å². The predicted octanol–water partition coefficient (Wildman–Crippen LogP) is 2.09. The van der Waals surface area contributed by atoms with E-state index in [1.165, 1.54) is 11.1 Å². The summed E-state index contributed by atoms with van der Waals surface area (Å²) >= 11 is 0. The fourth-order valence-corrected chi connectivity index (χ4v) is 3.32. The van der Waals surface area contributed by atoms with E-state index in [0.717, 1.165) is 13.0 Å². The Morgan fingerprint density at radius 1 is 1.47 bits per heavy atom. The lowest BCUT2D eigenvalue weighted by molar-refractivity contribution is 0.0927. The summed E-state index contributed by atoms with van der Waals surface area (Å²) in [5.74, 6) is 0.538. The van der Waals surface area contributed by atoms with Crippen molar-refractivity contribution in [1.82, 2.24) is 4.90 Å². The minimum Gasteiger partial charge on any atom is -0.395 e. The van der Waals surface area contributed by atoms with Crippen LogP contribution in [-0.4, -0.2) is 35.2 Å². The molecule has 1 aliphatic rings. The highest BCUT2D eigenvalue weighted by Crippen LogP contribution is 2.34. The van der Waals surface area contributed by atoms with Crippen LogP contribution < -0.4 is 5.73 Å². The van der Waals surface area contributed by atoms with Gasteiger partial charge in [0.15, 0.2) is 0 Å². The van der Waals surface area contributed by atoms with E-state index >= 15 is 0 Å². The molecule has 0 spiro atoms. The van der Waals surface area contributed by atoms with Gasteiger partial charge in [-0.05, 0) is 38.3 Å². The average molecular weight is 262 g/mol. The molecule has 106 valence electrons. The van der Waals surface area contributed by atoms with Crippen molar-refractivity contribution in [3.05, 3.63) is 35.4 Å². The van der Waals surface area contributed by atoms with E-state index in [2.05, 4.69) is 49.9 Å². The van der Waals surface area contributed by atoms with Gasteiger partial charge < -0.3 is 10.8 Å². The van der Waals surface area contributed by atoms with Crippen LogP contribution in [0.4, 0.5) is 0 Å². The van der Waals surface area contributed by atoms with Crippen LogP contribution in [0.3, 0.4) is 0 Å². The number of aliphatic hydroxyl groups is 1. The summed E-state index contributed by atoms with van der Waals surface area (Å²) in [5, 5.41) is 9.66. The molecule has 1 aliphatic heterocycles. The zero-order valence-corrected chi connectivity index (χ0v) is 12.2. The Bertz CT molecular complexity index is 419. The van der Waals surface area contributed by atoms with Gasteiger partial charge in [-0.15, -0.1) is 0 Å². The largest absolute Gasteiger partial charge is 0.395 e. The molecule has 0 aliphatic carbocycles. The van der Waals surface area contributed by atoms with E-state index in [0.29, 0.717) is 5.92 Å². The highest BCUT2D eigenvalue weighted by atomic mass is 16.3. The summed E-state index contributed by atoms with van der Waals surface area (Å²) in [4.78, 5) is 2.39. The van der Waals surface area contributed by atoms with Gasteiger partial charge in [0.25, 0.3) is 0 Å². The minimum atomic E-state index is 0.0566. The molecule has 3 heteroatoms. The molecule has 0 saturated carbocycles. The van der Waals surface area contributed by atoms with E-state index in [-0.39, 0.29) is 24.7 Å². The molecule has 4 unspecified atom stereocenters. The van der Waals surface area contributed by atoms with Gasteiger partial charge in [-0.25, -0.2) is 0 Å². The van der Waals surface area contributed by atoms with E-state index in [9.17, 15) is 5.11 Å². The molecule has 0 aromatic heterocycles. The summed E-state index contributed by atoms with van der Waals surface area (Å²) in [7, 11) is 0. The van der Waals surface area contributed by atoms with Crippen LogP contribution in [0.15, 0.2) is 24.3 Å². The zero-order valence-electron chi connectivity index (χ0n) is 12.2. The Labute approximate surface area is 116 Å². The summed E-state index contributed by atoms with van der Waals surface area (Å²) in [6, 6.07) is 9.05. The second kappa shape index (κ2) is 6.04. The van der Waals surface area contributed by atoms with Crippen LogP contribution in [0.5, 0.6) is 0 Å². The minimum absolute atomic E-state index is 0.0566. The third-order valence-corrected chi connectivity index (χ3v) is 4.35. The summed E-state index contributed by atoms with van der Waals surface area (Å²) in [6.07, 6.45) is 1.14. The summed E-state index contributed by atoms with van der Waals surface area (Å²) < 4.78 is 0. The Hall–Kier alpha value is -0.900. The monoisotopic (exact) mass is 262 g/mol. The lowest BCUT2D eigenvalue weighted by atomic mass is 9.96. The maximum atomic E-state index is 9.66. The molecule has 0 bridgehead atoms. The Kier molecular flexibility index (Phi) is 4.61. The second-order valence-electron chi connectivity index (χ2n) is 5.97. The molecular weight excluding hydrogens is 236 g/mol. The van der Waals surface area contributed by atoms with Crippen LogP contribution in [0, 0.1) is 12.8 Å². The molecule has 2 rings (SSSR count). The predicted molar refractivity (Wildman–Crippen MR) is 78.9 cm³/mol. The van der Waals surface area contributed by atoms with Gasteiger partial charge in [0.1, 0.15) is 0 Å². The van der Waals surface area contributed by atoms with Crippen molar-refractivity contribution in [2.24, 2.45) is 11.7 Å². The van der Waals surface area contributed by atoms with Crippen molar-refractivity contribution in [3.63, 3.8) is 0 Å². The number of nitrogens with two attached hydrogens (primary N) is 1. The highest BCUT2D eigenvalue weighted by molar-refractivity contribution is 5.26. The molecule has 0 radical (unpaired) electrons. The lowest BCUT2D eigenvalue weighted by Crippen LogP contribution is -2.44. The van der Waals surface area contributed by atoms with Crippen LogP contribution in [-0.2, 0) is 0 Å². The maximum absolute atomic E-state index is 9.66. The summed E-state index contributed by atoms with van der Waals surface area (Å²) in [6.45, 7) is 7.63. The van der Waals surface area contributed by atoms with Gasteiger partial charge in [-0.3, -0.25) is 4.90 Å². The molecule has 1 saturated heterocycles. The molecule has 3 N–H and O–H groups in total. The number of aliphatic hydroxyl groups excluding tert-OH is 1. The molecular formula is C16H26N2O. The summed E-state index contributed by atoms with van der Waals surface area (Å²) in [5.41, 5.74) is 8.76. The van der Waals surface area contributed by atoms with E-state index in [1.54, 1.807) is 0 Å². The number of benzene rings is 1. The van der Waals surface area contributed by atoms with Gasteiger partial charge in [0, 0.05) is 12.1 Å².